The maximum absolute atomic E-state index is 12.3. The highest BCUT2D eigenvalue weighted by Gasteiger charge is 2.14. The summed E-state index contributed by atoms with van der Waals surface area (Å²) in [5.41, 5.74) is 5.55. The number of amides is 2. The normalized spacial score (nSPS) is 10.4. The average Bonchev–Trinajstić information content (AvgIpc) is 2.54. The average molecular weight is 307 g/mol. The number of hydrogen-bond acceptors (Lipinski definition) is 4. The van der Waals surface area contributed by atoms with Gasteiger partial charge in [0.05, 0.1) is 5.56 Å². The molecule has 0 saturated heterocycles. The third-order valence-corrected chi connectivity index (χ3v) is 3.39. The first-order valence-corrected chi connectivity index (χ1v) is 6.83. The number of primary amides is 1. The van der Waals surface area contributed by atoms with Crippen molar-refractivity contribution in [2.45, 2.75) is 0 Å². The van der Waals surface area contributed by atoms with E-state index in [1.54, 1.807) is 6.07 Å². The zero-order valence-corrected chi connectivity index (χ0v) is 12.0. The van der Waals surface area contributed by atoms with Gasteiger partial charge in [0, 0.05) is 11.8 Å². The van der Waals surface area contributed by atoms with Crippen LogP contribution in [0.25, 0.3) is 10.8 Å². The smallest absolute Gasteiger partial charge is 0.260 e. The predicted molar refractivity (Wildman–Crippen MR) is 86.3 cm³/mol. The number of aromatic hydroxyl groups is 1. The summed E-state index contributed by atoms with van der Waals surface area (Å²) in [7, 11) is 0. The van der Waals surface area contributed by atoms with E-state index in [0.717, 1.165) is 10.8 Å². The number of anilines is 1. The van der Waals surface area contributed by atoms with Gasteiger partial charge in [-0.25, -0.2) is 4.98 Å². The first kappa shape index (κ1) is 14.5. The molecule has 3 aromatic rings. The second-order valence-electron chi connectivity index (χ2n) is 4.96. The quantitative estimate of drug-likeness (QED) is 0.690. The van der Waals surface area contributed by atoms with Crippen LogP contribution in [-0.2, 0) is 0 Å². The molecule has 6 nitrogen and oxygen atoms in total. The number of hydrogen-bond donors (Lipinski definition) is 3. The van der Waals surface area contributed by atoms with Gasteiger partial charge in [-0.1, -0.05) is 24.3 Å². The zero-order chi connectivity index (χ0) is 16.4. The van der Waals surface area contributed by atoms with Crippen LogP contribution in [0.4, 0.5) is 5.82 Å². The second kappa shape index (κ2) is 5.76. The third kappa shape index (κ3) is 2.96. The van der Waals surface area contributed by atoms with E-state index in [-0.39, 0.29) is 22.7 Å². The number of rotatable bonds is 3. The standard InChI is InChI=1S/C17H13N3O3/c18-16(22)12-5-6-19-15(9-12)20-17(23)13-7-10-3-1-2-4-11(10)8-14(13)21/h1-9,21H,(H2,18,22)(H,19,20,23). The number of nitrogens with zero attached hydrogens (tertiary/aromatic N) is 1. The molecule has 0 spiro atoms. The van der Waals surface area contributed by atoms with Crippen LogP contribution in [0.3, 0.4) is 0 Å². The van der Waals surface area contributed by atoms with Crippen molar-refractivity contribution in [3.05, 3.63) is 65.9 Å². The van der Waals surface area contributed by atoms with Crippen LogP contribution in [-0.4, -0.2) is 21.9 Å². The van der Waals surface area contributed by atoms with Crippen molar-refractivity contribution in [2.24, 2.45) is 5.73 Å². The number of carbonyl (C=O) groups is 2. The fourth-order valence-corrected chi connectivity index (χ4v) is 2.25. The van der Waals surface area contributed by atoms with E-state index in [1.165, 1.54) is 24.4 Å². The van der Waals surface area contributed by atoms with Crippen molar-refractivity contribution in [3.8, 4) is 5.75 Å². The Morgan fingerprint density at radius 2 is 1.74 bits per heavy atom. The lowest BCUT2D eigenvalue weighted by molar-refractivity contribution is 0.0995. The number of fused-ring (bicyclic) bond motifs is 1. The summed E-state index contributed by atoms with van der Waals surface area (Å²) in [6.45, 7) is 0. The van der Waals surface area contributed by atoms with Crippen molar-refractivity contribution in [1.82, 2.24) is 4.98 Å². The molecule has 2 amide bonds. The van der Waals surface area contributed by atoms with Gasteiger partial charge in [0.2, 0.25) is 5.91 Å². The Kier molecular flexibility index (Phi) is 3.64. The van der Waals surface area contributed by atoms with Crippen LogP contribution in [0.1, 0.15) is 20.7 Å². The minimum atomic E-state index is -0.614. The first-order valence-electron chi connectivity index (χ1n) is 6.83. The van der Waals surface area contributed by atoms with E-state index in [4.69, 9.17) is 5.73 Å². The Morgan fingerprint density at radius 1 is 1.04 bits per heavy atom. The molecule has 0 aliphatic heterocycles. The van der Waals surface area contributed by atoms with Gasteiger partial charge >= 0.3 is 0 Å². The molecule has 0 fully saturated rings. The fraction of sp³-hybridized carbons (Fsp3) is 0. The van der Waals surface area contributed by atoms with E-state index in [9.17, 15) is 14.7 Å². The Bertz CT molecular complexity index is 922. The summed E-state index contributed by atoms with van der Waals surface area (Å²) in [4.78, 5) is 27.4. The molecule has 1 heterocycles. The number of nitrogens with one attached hydrogen (secondary N) is 1. The van der Waals surface area contributed by atoms with Gasteiger partial charge in [-0.15, -0.1) is 0 Å². The topological polar surface area (TPSA) is 105 Å². The third-order valence-electron chi connectivity index (χ3n) is 3.39. The summed E-state index contributed by atoms with van der Waals surface area (Å²) in [6.07, 6.45) is 1.37. The molecule has 0 bridgehead atoms. The first-order chi connectivity index (χ1) is 11.0. The number of nitrogens with two attached hydrogens (primary N) is 1. The van der Waals surface area contributed by atoms with Gasteiger partial charge in [-0.3, -0.25) is 9.59 Å². The lowest BCUT2D eigenvalue weighted by atomic mass is 10.1. The molecule has 4 N–H and O–H groups in total. The Balaban J connectivity index is 1.93. The number of pyridine rings is 1. The van der Waals surface area contributed by atoms with Crippen LogP contribution in [0.15, 0.2) is 54.7 Å². The zero-order valence-electron chi connectivity index (χ0n) is 12.0. The van der Waals surface area contributed by atoms with Crippen molar-refractivity contribution in [3.63, 3.8) is 0 Å². The van der Waals surface area contributed by atoms with E-state index in [0.29, 0.717) is 0 Å². The Labute approximate surface area is 131 Å². The van der Waals surface area contributed by atoms with E-state index >= 15 is 0 Å². The van der Waals surface area contributed by atoms with E-state index in [2.05, 4.69) is 10.3 Å². The number of aromatic nitrogens is 1. The van der Waals surface area contributed by atoms with Crippen LogP contribution in [0.5, 0.6) is 5.75 Å². The maximum atomic E-state index is 12.3. The summed E-state index contributed by atoms with van der Waals surface area (Å²) in [6, 6.07) is 13.3. The largest absolute Gasteiger partial charge is 0.507 e. The van der Waals surface area contributed by atoms with Crippen molar-refractivity contribution in [1.29, 1.82) is 0 Å². The molecule has 0 radical (unpaired) electrons. The lowest BCUT2D eigenvalue weighted by Crippen LogP contribution is -2.15. The molecule has 0 aliphatic rings. The highest BCUT2D eigenvalue weighted by molar-refractivity contribution is 6.08. The summed E-state index contributed by atoms with van der Waals surface area (Å²) >= 11 is 0. The molecule has 0 unspecified atom stereocenters. The van der Waals surface area contributed by atoms with E-state index < -0.39 is 11.8 Å². The molecular weight excluding hydrogens is 294 g/mol. The number of phenols is 1. The SMILES string of the molecule is NC(=O)c1ccnc(NC(=O)c2cc3ccccc3cc2O)c1. The minimum absolute atomic E-state index is 0.120. The van der Waals surface area contributed by atoms with Gasteiger partial charge in [-0.05, 0) is 35.0 Å². The Hall–Kier alpha value is -3.41. The van der Waals surface area contributed by atoms with Gasteiger partial charge in [-0.2, -0.15) is 0 Å². The number of benzene rings is 2. The lowest BCUT2D eigenvalue weighted by Gasteiger charge is -2.08. The van der Waals surface area contributed by atoms with Crippen molar-refractivity contribution < 1.29 is 14.7 Å². The fourth-order valence-electron chi connectivity index (χ4n) is 2.25. The Morgan fingerprint density at radius 3 is 2.43 bits per heavy atom. The molecule has 23 heavy (non-hydrogen) atoms. The molecule has 0 aliphatic carbocycles. The van der Waals surface area contributed by atoms with Crippen LogP contribution in [0.2, 0.25) is 0 Å². The summed E-state index contributed by atoms with van der Waals surface area (Å²) < 4.78 is 0. The van der Waals surface area contributed by atoms with Gasteiger partial charge in [0.15, 0.2) is 0 Å². The van der Waals surface area contributed by atoms with Crippen molar-refractivity contribution >= 4 is 28.4 Å². The highest BCUT2D eigenvalue weighted by Crippen LogP contribution is 2.25. The molecule has 0 saturated carbocycles. The molecule has 2 aromatic carbocycles. The molecule has 114 valence electrons. The van der Waals surface area contributed by atoms with Gasteiger partial charge < -0.3 is 16.2 Å². The van der Waals surface area contributed by atoms with Crippen LogP contribution in [0, 0.1) is 0 Å². The van der Waals surface area contributed by atoms with Gasteiger partial charge in [0.25, 0.3) is 5.91 Å². The van der Waals surface area contributed by atoms with Crippen LogP contribution < -0.4 is 11.1 Å². The number of carbonyl (C=O) groups excluding carboxylic acids is 2. The number of phenolic OH excluding ortho intramolecular Hbond substituents is 1. The maximum Gasteiger partial charge on any atom is 0.260 e. The van der Waals surface area contributed by atoms with E-state index in [1.807, 2.05) is 24.3 Å². The monoisotopic (exact) mass is 307 g/mol. The minimum Gasteiger partial charge on any atom is -0.507 e. The molecule has 6 heteroatoms. The molecule has 0 atom stereocenters. The summed E-state index contributed by atoms with van der Waals surface area (Å²) in [5.74, 6) is -1.09. The van der Waals surface area contributed by atoms with Crippen LogP contribution >= 0.6 is 0 Å². The summed E-state index contributed by atoms with van der Waals surface area (Å²) in [5, 5.41) is 14.2. The van der Waals surface area contributed by atoms with Gasteiger partial charge in [0.1, 0.15) is 11.6 Å². The van der Waals surface area contributed by atoms with Crippen molar-refractivity contribution in [2.75, 3.05) is 5.32 Å². The molecule has 3 rings (SSSR count). The predicted octanol–water partition coefficient (Wildman–Crippen LogP) is 2.29. The molecule has 1 aromatic heterocycles. The molecular formula is C17H13N3O3. The second-order valence-corrected chi connectivity index (χ2v) is 4.96. The highest BCUT2D eigenvalue weighted by atomic mass is 16.3.